The molecule has 268 valence electrons. The molecule has 15 heteroatoms. The fourth-order valence-electron chi connectivity index (χ4n) is 6.46. The minimum absolute atomic E-state index is 0.0361. The molecule has 1 aromatic carbocycles. The number of fused-ring (bicyclic) bond motifs is 1. The number of aliphatic carboxylic acids is 4. The molecule has 3 aliphatic rings. The first-order valence-corrected chi connectivity index (χ1v) is 16.4. The minimum Gasteiger partial charge on any atom is -0.481 e. The Morgan fingerprint density at radius 2 is 1.71 bits per heavy atom. The van der Waals surface area contributed by atoms with Gasteiger partial charge in [-0.1, -0.05) is 18.2 Å². The lowest BCUT2D eigenvalue weighted by atomic mass is 9.94. The summed E-state index contributed by atoms with van der Waals surface area (Å²) in [6, 6.07) is 12.3. The molecule has 1 aromatic heterocycles. The number of pyridine rings is 1. The number of hydrogen-bond acceptors (Lipinski definition) is 10. The zero-order valence-corrected chi connectivity index (χ0v) is 27.4. The van der Waals surface area contributed by atoms with Gasteiger partial charge in [0, 0.05) is 56.6 Å². The summed E-state index contributed by atoms with van der Waals surface area (Å²) in [5.74, 6) is -5.07. The topological polar surface area (TPSA) is 210 Å². The fraction of sp³-hybridized carbons (Fsp3) is 0.559. The van der Waals surface area contributed by atoms with Gasteiger partial charge in [0.25, 0.3) is 0 Å². The Morgan fingerprint density at radius 3 is 2.37 bits per heavy atom. The van der Waals surface area contributed by atoms with Crippen LogP contribution in [0.1, 0.15) is 61.3 Å². The second kappa shape index (κ2) is 16.9. The van der Waals surface area contributed by atoms with E-state index in [0.29, 0.717) is 52.1 Å². The Morgan fingerprint density at radius 1 is 1.00 bits per heavy atom. The first-order valence-electron chi connectivity index (χ1n) is 16.4. The van der Waals surface area contributed by atoms with E-state index in [0.717, 1.165) is 55.2 Å². The highest BCUT2D eigenvalue weighted by Gasteiger charge is 2.41. The first kappa shape index (κ1) is 37.5. The zero-order chi connectivity index (χ0) is 35.6. The SMILES string of the molecule is O=C(O)CC(O)(CC(=O)O)C(=O)O.O=C(O)C[C@H](CN1CC[C@@](F)(CCc2ccc3c(n2)NCCC3)C1)c1cccc(N2CCOCC2)c1. The molecule has 0 spiro atoms. The van der Waals surface area contributed by atoms with Gasteiger partial charge < -0.3 is 40.5 Å². The molecule has 2 atom stereocenters. The molecular formula is C34H45FN4O10. The van der Waals surface area contributed by atoms with Crippen molar-refractivity contribution in [3.63, 3.8) is 0 Å². The van der Waals surface area contributed by atoms with Crippen molar-refractivity contribution in [3.8, 4) is 0 Å². The molecule has 6 N–H and O–H groups in total. The Hall–Kier alpha value is -4.34. The van der Waals surface area contributed by atoms with Crippen molar-refractivity contribution < 1.29 is 53.8 Å². The fourth-order valence-corrected chi connectivity index (χ4v) is 6.46. The number of carboxylic acid groups (broad SMARTS) is 4. The van der Waals surface area contributed by atoms with Crippen molar-refractivity contribution in [2.75, 3.05) is 62.7 Å². The number of alkyl halides is 1. The van der Waals surface area contributed by atoms with E-state index >= 15 is 4.39 Å². The summed E-state index contributed by atoms with van der Waals surface area (Å²) in [5, 5.41) is 46.8. The summed E-state index contributed by atoms with van der Waals surface area (Å²) in [4.78, 5) is 51.3. The van der Waals surface area contributed by atoms with Crippen molar-refractivity contribution >= 4 is 35.4 Å². The number of carbonyl (C=O) groups is 4. The van der Waals surface area contributed by atoms with Crippen LogP contribution in [0.4, 0.5) is 15.9 Å². The number of nitrogens with one attached hydrogen (secondary N) is 1. The van der Waals surface area contributed by atoms with Gasteiger partial charge in [0.15, 0.2) is 5.60 Å². The van der Waals surface area contributed by atoms with E-state index in [1.807, 2.05) is 18.2 Å². The minimum atomic E-state index is -2.74. The highest BCUT2D eigenvalue weighted by atomic mass is 19.1. The molecule has 2 saturated heterocycles. The Bertz CT molecular complexity index is 1470. The number of rotatable bonds is 14. The van der Waals surface area contributed by atoms with Crippen LogP contribution in [-0.4, -0.2) is 123 Å². The second-order valence-electron chi connectivity index (χ2n) is 12.9. The van der Waals surface area contributed by atoms with Gasteiger partial charge in [-0.3, -0.25) is 19.3 Å². The van der Waals surface area contributed by atoms with Crippen LogP contribution in [0.5, 0.6) is 0 Å². The predicted octanol–water partition coefficient (Wildman–Crippen LogP) is 2.63. The number of morpholine rings is 1. The quantitative estimate of drug-likeness (QED) is 0.169. The van der Waals surface area contributed by atoms with E-state index in [2.05, 4.69) is 33.3 Å². The highest BCUT2D eigenvalue weighted by Crippen LogP contribution is 2.34. The van der Waals surface area contributed by atoms with Gasteiger partial charge in [0.2, 0.25) is 0 Å². The average molecular weight is 689 g/mol. The van der Waals surface area contributed by atoms with Crippen molar-refractivity contribution in [1.82, 2.24) is 9.88 Å². The van der Waals surface area contributed by atoms with Gasteiger partial charge in [0.1, 0.15) is 11.5 Å². The van der Waals surface area contributed by atoms with E-state index in [1.165, 1.54) is 5.56 Å². The molecule has 0 amide bonds. The maximum absolute atomic E-state index is 15.8. The van der Waals surface area contributed by atoms with Gasteiger partial charge in [0.05, 0.1) is 32.5 Å². The normalized spacial score (nSPS) is 19.9. The lowest BCUT2D eigenvalue weighted by molar-refractivity contribution is -0.170. The number of aromatic nitrogens is 1. The van der Waals surface area contributed by atoms with Crippen molar-refractivity contribution in [2.45, 2.75) is 68.6 Å². The second-order valence-corrected chi connectivity index (χ2v) is 12.9. The van der Waals surface area contributed by atoms with Gasteiger partial charge in [-0.2, -0.15) is 0 Å². The number of nitrogens with zero attached hydrogens (tertiary/aromatic N) is 3. The van der Waals surface area contributed by atoms with Gasteiger partial charge in [-0.15, -0.1) is 0 Å². The Balaban J connectivity index is 0.000000355. The third-order valence-electron chi connectivity index (χ3n) is 9.07. The molecule has 0 bridgehead atoms. The summed E-state index contributed by atoms with van der Waals surface area (Å²) >= 11 is 0. The lowest BCUT2D eigenvalue weighted by Crippen LogP contribution is -2.42. The average Bonchev–Trinajstić information content (AvgIpc) is 3.43. The monoisotopic (exact) mass is 688 g/mol. The number of hydrogen-bond donors (Lipinski definition) is 6. The Labute approximate surface area is 283 Å². The molecule has 14 nitrogen and oxygen atoms in total. The number of carboxylic acids is 4. The third-order valence-corrected chi connectivity index (χ3v) is 9.07. The molecule has 0 saturated carbocycles. The first-order chi connectivity index (χ1) is 23.2. The maximum atomic E-state index is 15.8. The molecule has 0 aliphatic carbocycles. The summed E-state index contributed by atoms with van der Waals surface area (Å²) < 4.78 is 21.3. The highest BCUT2D eigenvalue weighted by molar-refractivity contribution is 5.88. The van der Waals surface area contributed by atoms with E-state index in [1.54, 1.807) is 0 Å². The number of ether oxygens (including phenoxy) is 1. The van der Waals surface area contributed by atoms with Crippen LogP contribution in [-0.2, 0) is 36.8 Å². The van der Waals surface area contributed by atoms with Crippen molar-refractivity contribution in [3.05, 3.63) is 53.2 Å². The van der Waals surface area contributed by atoms with E-state index in [-0.39, 0.29) is 12.3 Å². The van der Waals surface area contributed by atoms with E-state index in [4.69, 9.17) is 30.1 Å². The number of halogens is 1. The molecule has 49 heavy (non-hydrogen) atoms. The van der Waals surface area contributed by atoms with Gasteiger partial charge >= 0.3 is 23.9 Å². The predicted molar refractivity (Wildman–Crippen MR) is 176 cm³/mol. The number of benzene rings is 1. The van der Waals surface area contributed by atoms with Crippen molar-refractivity contribution in [1.29, 1.82) is 0 Å². The molecule has 0 unspecified atom stereocenters. The smallest absolute Gasteiger partial charge is 0.336 e. The molecule has 2 aromatic rings. The van der Waals surface area contributed by atoms with Crippen LogP contribution in [0.3, 0.4) is 0 Å². The molecule has 3 aliphatic heterocycles. The lowest BCUT2D eigenvalue weighted by Gasteiger charge is -2.30. The molecule has 2 fully saturated rings. The maximum Gasteiger partial charge on any atom is 0.336 e. The third kappa shape index (κ3) is 11.1. The van der Waals surface area contributed by atoms with Crippen LogP contribution in [0.25, 0.3) is 0 Å². The molecule has 4 heterocycles. The van der Waals surface area contributed by atoms with E-state index < -0.39 is 48.0 Å². The summed E-state index contributed by atoms with van der Waals surface area (Å²) in [6.07, 6.45) is 1.44. The zero-order valence-electron chi connectivity index (χ0n) is 27.4. The number of aliphatic hydroxyl groups is 1. The van der Waals surface area contributed by atoms with Gasteiger partial charge in [-0.25, -0.2) is 14.2 Å². The van der Waals surface area contributed by atoms with Crippen LogP contribution in [0, 0.1) is 0 Å². The molecule has 0 radical (unpaired) electrons. The number of likely N-dealkylation sites (tertiary alicyclic amines) is 1. The summed E-state index contributed by atoms with van der Waals surface area (Å²) in [6.45, 7) is 5.55. The van der Waals surface area contributed by atoms with Crippen LogP contribution in [0.2, 0.25) is 0 Å². The molecular weight excluding hydrogens is 643 g/mol. The molecule has 5 rings (SSSR count). The Kier molecular flexibility index (Phi) is 12.9. The van der Waals surface area contributed by atoms with Crippen LogP contribution < -0.4 is 10.2 Å². The van der Waals surface area contributed by atoms with E-state index in [9.17, 15) is 24.3 Å². The van der Waals surface area contributed by atoms with Gasteiger partial charge in [-0.05, 0) is 61.4 Å². The number of aryl methyl sites for hydroxylation is 2. The van der Waals surface area contributed by atoms with Crippen LogP contribution >= 0.6 is 0 Å². The summed E-state index contributed by atoms with van der Waals surface area (Å²) in [7, 11) is 0. The summed E-state index contributed by atoms with van der Waals surface area (Å²) in [5.41, 5.74) is 0.269. The standard InChI is InChI=1S/C28H37FN4O3.C6H8O7/c29-28(9-8-24-7-6-21-4-2-11-30-27(21)31-24)10-12-32(20-28)19-23(18-26(34)35)22-3-1-5-25(17-22)33-13-15-36-16-14-33;7-3(8)1-6(13,5(11)12)2-4(9)10/h1,3,5-7,17,23H,2,4,8-16,18-20H2,(H,30,31)(H,34,35);13H,1-2H2,(H,7,8)(H,9,10)(H,11,12)/t23-,28+;/m1./s1. The largest absolute Gasteiger partial charge is 0.481 e. The number of anilines is 2. The van der Waals surface area contributed by atoms with Crippen LogP contribution in [0.15, 0.2) is 36.4 Å². The van der Waals surface area contributed by atoms with Crippen molar-refractivity contribution in [2.24, 2.45) is 0 Å².